The lowest BCUT2D eigenvalue weighted by Crippen LogP contribution is -2.27. The molecule has 0 saturated heterocycles. The Morgan fingerprint density at radius 2 is 1.94 bits per heavy atom. The summed E-state index contributed by atoms with van der Waals surface area (Å²) < 4.78 is 29.7. The van der Waals surface area contributed by atoms with Crippen LogP contribution in [0.2, 0.25) is 5.02 Å². The molecule has 7 nitrogen and oxygen atoms in total. The van der Waals surface area contributed by atoms with E-state index in [0.717, 1.165) is 0 Å². The number of nitrogens with zero attached hydrogens (tertiary/aromatic N) is 3. The zero-order chi connectivity index (χ0) is 22.8. The van der Waals surface area contributed by atoms with E-state index in [1.165, 1.54) is 40.9 Å². The molecular formula is C22H18ClF2N5O2. The van der Waals surface area contributed by atoms with Crippen molar-refractivity contribution < 1.29 is 18.7 Å². The van der Waals surface area contributed by atoms with Crippen LogP contribution in [-0.4, -0.2) is 32.2 Å². The van der Waals surface area contributed by atoms with E-state index in [2.05, 4.69) is 15.4 Å². The van der Waals surface area contributed by atoms with E-state index >= 15 is 4.39 Å². The summed E-state index contributed by atoms with van der Waals surface area (Å²) >= 11 is 6.11. The zero-order valence-corrected chi connectivity index (χ0v) is 17.4. The summed E-state index contributed by atoms with van der Waals surface area (Å²) in [4.78, 5) is 16.7. The molecule has 4 aromatic rings. The van der Waals surface area contributed by atoms with Gasteiger partial charge in [0, 0.05) is 18.3 Å². The molecule has 2 aromatic carbocycles. The largest absolute Gasteiger partial charge is 0.388 e. The third kappa shape index (κ3) is 4.39. The number of carbonyl (C=O) groups is 1. The average molecular weight is 458 g/mol. The van der Waals surface area contributed by atoms with Crippen LogP contribution in [-0.2, 0) is 0 Å². The van der Waals surface area contributed by atoms with E-state index in [0.29, 0.717) is 16.8 Å². The first-order chi connectivity index (χ1) is 15.3. The Hall–Kier alpha value is -3.56. The molecule has 0 aliphatic heterocycles. The molecule has 0 spiro atoms. The predicted molar refractivity (Wildman–Crippen MR) is 116 cm³/mol. The van der Waals surface area contributed by atoms with Gasteiger partial charge in [0.1, 0.15) is 11.6 Å². The lowest BCUT2D eigenvalue weighted by atomic mass is 10.0. The van der Waals surface area contributed by atoms with Crippen molar-refractivity contribution in [3.63, 3.8) is 0 Å². The minimum Gasteiger partial charge on any atom is -0.388 e. The van der Waals surface area contributed by atoms with Gasteiger partial charge in [-0.1, -0.05) is 23.7 Å². The molecule has 0 fully saturated rings. The lowest BCUT2D eigenvalue weighted by Gasteiger charge is -2.14. The molecule has 0 aliphatic carbocycles. The number of aliphatic hydroxyl groups excluding tert-OH is 1. The van der Waals surface area contributed by atoms with Crippen molar-refractivity contribution in [1.82, 2.24) is 19.9 Å². The molecule has 0 radical (unpaired) electrons. The first-order valence-corrected chi connectivity index (χ1v) is 10.0. The number of rotatable bonds is 6. The average Bonchev–Trinajstić information content (AvgIpc) is 3.13. The van der Waals surface area contributed by atoms with Gasteiger partial charge in [-0.2, -0.15) is 4.98 Å². The Morgan fingerprint density at radius 3 is 2.69 bits per heavy atom. The topological polar surface area (TPSA) is 106 Å². The van der Waals surface area contributed by atoms with Crippen LogP contribution in [0.3, 0.4) is 0 Å². The van der Waals surface area contributed by atoms with Crippen LogP contribution in [0.15, 0.2) is 54.7 Å². The second-order valence-electron chi connectivity index (χ2n) is 7.08. The van der Waals surface area contributed by atoms with E-state index in [9.17, 15) is 14.3 Å². The SMILES string of the molecule is Nc1nc2cc(-c3ccc(Cl)c(C(=O)NCC[C@H](O)c4ccc(F)cc4)c3F)ccn2n1. The van der Waals surface area contributed by atoms with Gasteiger partial charge in [-0.05, 0) is 53.9 Å². The van der Waals surface area contributed by atoms with E-state index < -0.39 is 23.6 Å². The van der Waals surface area contributed by atoms with Crippen molar-refractivity contribution in [2.45, 2.75) is 12.5 Å². The highest BCUT2D eigenvalue weighted by atomic mass is 35.5. The third-order valence-electron chi connectivity index (χ3n) is 4.94. The van der Waals surface area contributed by atoms with Crippen molar-refractivity contribution in [3.8, 4) is 11.1 Å². The van der Waals surface area contributed by atoms with Crippen LogP contribution < -0.4 is 11.1 Å². The highest BCUT2D eigenvalue weighted by molar-refractivity contribution is 6.34. The summed E-state index contributed by atoms with van der Waals surface area (Å²) in [6, 6.07) is 11.5. The predicted octanol–water partition coefficient (Wildman–Crippen LogP) is 3.76. The van der Waals surface area contributed by atoms with Crippen molar-refractivity contribution in [1.29, 1.82) is 0 Å². The standard InChI is InChI=1S/C22H18ClF2N5O2/c23-16-6-5-15(13-8-10-30-18(11-13)28-22(26)29-30)20(25)19(16)21(32)27-9-7-17(31)12-1-3-14(24)4-2-12/h1-6,8,10-11,17,31H,7,9H2,(H2,26,29)(H,27,32)/t17-/m0/s1. The van der Waals surface area contributed by atoms with Crippen LogP contribution in [0, 0.1) is 11.6 Å². The number of aromatic nitrogens is 3. The molecule has 0 aliphatic rings. The van der Waals surface area contributed by atoms with E-state index in [1.54, 1.807) is 18.3 Å². The molecule has 4 rings (SSSR count). The molecule has 1 atom stereocenters. The molecule has 2 aromatic heterocycles. The summed E-state index contributed by atoms with van der Waals surface area (Å²) in [5, 5.41) is 16.7. The van der Waals surface area contributed by atoms with Gasteiger partial charge in [-0.25, -0.2) is 13.3 Å². The number of nitrogens with one attached hydrogen (secondary N) is 1. The zero-order valence-electron chi connectivity index (χ0n) is 16.6. The summed E-state index contributed by atoms with van der Waals surface area (Å²) in [6.07, 6.45) is 0.824. The van der Waals surface area contributed by atoms with Crippen LogP contribution in [0.1, 0.15) is 28.4 Å². The quantitative estimate of drug-likeness (QED) is 0.409. The van der Waals surface area contributed by atoms with Gasteiger partial charge in [0.15, 0.2) is 5.65 Å². The van der Waals surface area contributed by atoms with Crippen LogP contribution in [0.25, 0.3) is 16.8 Å². The Bertz CT molecular complexity index is 1290. The molecule has 10 heteroatoms. The van der Waals surface area contributed by atoms with Gasteiger partial charge in [0.05, 0.1) is 16.7 Å². The van der Waals surface area contributed by atoms with Gasteiger partial charge in [-0.15, -0.1) is 5.10 Å². The van der Waals surface area contributed by atoms with Crippen molar-refractivity contribution >= 4 is 29.1 Å². The molecule has 0 saturated carbocycles. The number of hydrogen-bond acceptors (Lipinski definition) is 5. The summed E-state index contributed by atoms with van der Waals surface area (Å²) in [7, 11) is 0. The smallest absolute Gasteiger partial charge is 0.255 e. The third-order valence-corrected chi connectivity index (χ3v) is 5.26. The number of nitrogen functional groups attached to an aromatic ring is 1. The second-order valence-corrected chi connectivity index (χ2v) is 7.49. The number of halogens is 3. The van der Waals surface area contributed by atoms with Crippen molar-refractivity contribution in [2.24, 2.45) is 0 Å². The molecular weight excluding hydrogens is 440 g/mol. The Labute approximate surface area is 186 Å². The highest BCUT2D eigenvalue weighted by Gasteiger charge is 2.21. The van der Waals surface area contributed by atoms with Crippen molar-refractivity contribution in [3.05, 3.63) is 82.5 Å². The van der Waals surface area contributed by atoms with E-state index in [-0.39, 0.29) is 35.1 Å². The maximum atomic E-state index is 15.3. The molecule has 1 amide bonds. The summed E-state index contributed by atoms with van der Waals surface area (Å²) in [5.74, 6) is -1.83. The maximum Gasteiger partial charge on any atom is 0.255 e. The van der Waals surface area contributed by atoms with Crippen LogP contribution in [0.4, 0.5) is 14.7 Å². The van der Waals surface area contributed by atoms with Gasteiger partial charge in [0.2, 0.25) is 5.95 Å². The van der Waals surface area contributed by atoms with Crippen LogP contribution in [0.5, 0.6) is 0 Å². The minimum absolute atomic E-state index is 0.0457. The highest BCUT2D eigenvalue weighted by Crippen LogP contribution is 2.30. The van der Waals surface area contributed by atoms with Crippen LogP contribution >= 0.6 is 11.6 Å². The van der Waals surface area contributed by atoms with Gasteiger partial charge in [0.25, 0.3) is 5.91 Å². The Kier molecular flexibility index (Phi) is 6.02. The normalized spacial score (nSPS) is 12.1. The minimum atomic E-state index is -0.912. The number of benzene rings is 2. The first-order valence-electron chi connectivity index (χ1n) is 9.65. The number of aliphatic hydroxyl groups is 1. The fourth-order valence-electron chi connectivity index (χ4n) is 3.31. The second kappa shape index (κ2) is 8.89. The number of pyridine rings is 1. The maximum absolute atomic E-state index is 15.3. The van der Waals surface area contributed by atoms with Gasteiger partial charge in [-0.3, -0.25) is 4.79 Å². The Morgan fingerprint density at radius 1 is 1.19 bits per heavy atom. The molecule has 0 bridgehead atoms. The van der Waals surface area contributed by atoms with Gasteiger partial charge < -0.3 is 16.2 Å². The fourth-order valence-corrected chi connectivity index (χ4v) is 3.54. The summed E-state index contributed by atoms with van der Waals surface area (Å²) in [5.41, 5.74) is 6.85. The number of anilines is 1. The molecule has 0 unspecified atom stereocenters. The monoisotopic (exact) mass is 457 g/mol. The number of amides is 1. The number of hydrogen-bond donors (Lipinski definition) is 3. The lowest BCUT2D eigenvalue weighted by molar-refractivity contribution is 0.0939. The van der Waals surface area contributed by atoms with Crippen molar-refractivity contribution in [2.75, 3.05) is 12.3 Å². The number of carbonyl (C=O) groups excluding carboxylic acids is 1. The number of fused-ring (bicyclic) bond motifs is 1. The van der Waals surface area contributed by atoms with E-state index in [4.69, 9.17) is 17.3 Å². The molecule has 32 heavy (non-hydrogen) atoms. The molecule has 164 valence electrons. The molecule has 4 N–H and O–H groups in total. The number of nitrogens with two attached hydrogens (primary N) is 1. The summed E-state index contributed by atoms with van der Waals surface area (Å²) in [6.45, 7) is 0.0579. The Balaban J connectivity index is 1.51. The van der Waals surface area contributed by atoms with E-state index in [1.807, 2.05) is 0 Å². The van der Waals surface area contributed by atoms with Gasteiger partial charge >= 0.3 is 0 Å². The fraction of sp³-hybridized carbons (Fsp3) is 0.136. The molecule has 2 heterocycles. The first kappa shape index (κ1) is 21.7.